The number of carbonyl (C=O) groups is 1. The summed E-state index contributed by atoms with van der Waals surface area (Å²) in [6.45, 7) is 16.9. The molecule has 0 aliphatic rings. The van der Waals surface area contributed by atoms with E-state index in [2.05, 4.69) is 62.1 Å². The van der Waals surface area contributed by atoms with E-state index >= 15 is 0 Å². The van der Waals surface area contributed by atoms with Crippen molar-refractivity contribution < 1.29 is 9.53 Å². The number of benzene rings is 3. The van der Waals surface area contributed by atoms with Crippen molar-refractivity contribution in [2.24, 2.45) is 0 Å². The first-order chi connectivity index (χ1) is 18.5. The van der Waals surface area contributed by atoms with Gasteiger partial charge in [0.05, 0.1) is 36.3 Å². The van der Waals surface area contributed by atoms with E-state index in [-0.39, 0.29) is 17.4 Å². The van der Waals surface area contributed by atoms with Crippen molar-refractivity contribution in [3.63, 3.8) is 0 Å². The molecule has 1 amide bonds. The Balaban J connectivity index is 1.57. The molecule has 6 nitrogen and oxygen atoms in total. The van der Waals surface area contributed by atoms with E-state index in [4.69, 9.17) is 4.74 Å². The van der Waals surface area contributed by atoms with Crippen molar-refractivity contribution in [2.75, 3.05) is 12.4 Å². The second kappa shape index (κ2) is 11.2. The Hall–Kier alpha value is -4.32. The zero-order valence-electron chi connectivity index (χ0n) is 23.9. The number of hydrogen-bond acceptors (Lipinski definition) is 4. The molecule has 0 aliphatic carbocycles. The number of methoxy groups -OCH3 is 1. The molecule has 0 aliphatic heterocycles. The highest BCUT2D eigenvalue weighted by Crippen LogP contribution is 2.36. The Morgan fingerprint density at radius 3 is 2.38 bits per heavy atom. The lowest BCUT2D eigenvalue weighted by Gasteiger charge is -2.23. The fourth-order valence-corrected chi connectivity index (χ4v) is 4.53. The minimum atomic E-state index is -0.168. The maximum Gasteiger partial charge on any atom is 0.254 e. The predicted molar refractivity (Wildman–Crippen MR) is 160 cm³/mol. The van der Waals surface area contributed by atoms with Crippen LogP contribution in [0, 0.1) is 13.8 Å². The molecule has 0 saturated heterocycles. The summed E-state index contributed by atoms with van der Waals surface area (Å²) in [6, 6.07) is 20.2. The van der Waals surface area contributed by atoms with E-state index in [9.17, 15) is 4.79 Å². The number of carbonyl (C=O) groups excluding carboxylic acids is 1. The molecule has 4 aromatic rings. The lowest BCUT2D eigenvalue weighted by atomic mass is 9.85. The fourth-order valence-electron chi connectivity index (χ4n) is 4.53. The molecule has 1 atom stereocenters. The molecular weight excluding hydrogens is 484 g/mol. The number of nitrogens with one attached hydrogen (secondary N) is 2. The normalized spacial score (nSPS) is 12.1. The number of ether oxygens (including phenoxy) is 1. The summed E-state index contributed by atoms with van der Waals surface area (Å²) in [5.74, 6) is 0.627. The van der Waals surface area contributed by atoms with E-state index in [0.29, 0.717) is 5.56 Å². The van der Waals surface area contributed by atoms with Gasteiger partial charge in [0.2, 0.25) is 0 Å². The van der Waals surface area contributed by atoms with Gasteiger partial charge in [-0.15, -0.1) is 0 Å². The Morgan fingerprint density at radius 2 is 1.72 bits per heavy atom. The maximum atomic E-state index is 12.9. The molecule has 2 N–H and O–H groups in total. The van der Waals surface area contributed by atoms with Crippen LogP contribution >= 0.6 is 0 Å². The standard InChI is InChI=1S/C33H38N4O2/c1-21-14-15-26(24(4)35-29-18-28(33(5,6)7)16-22(2)31(29)39-8)17-30(21)37-20-27(19-34-37)32(38)36-23(3)25-12-10-9-11-13-25/h9-20,23,35H,4H2,1-3,5-8H3,(H,36,38). The van der Waals surface area contributed by atoms with Crippen molar-refractivity contribution in [1.82, 2.24) is 15.1 Å². The van der Waals surface area contributed by atoms with E-state index in [0.717, 1.165) is 45.1 Å². The number of amides is 1. The van der Waals surface area contributed by atoms with Crippen LogP contribution < -0.4 is 15.4 Å². The summed E-state index contributed by atoms with van der Waals surface area (Å²) in [7, 11) is 1.68. The van der Waals surface area contributed by atoms with Crippen LogP contribution in [0.2, 0.25) is 0 Å². The third-order valence-electron chi connectivity index (χ3n) is 6.93. The summed E-state index contributed by atoms with van der Waals surface area (Å²) >= 11 is 0. The van der Waals surface area contributed by atoms with Crippen molar-refractivity contribution in [1.29, 1.82) is 0 Å². The average molecular weight is 523 g/mol. The summed E-state index contributed by atoms with van der Waals surface area (Å²) in [5, 5.41) is 11.0. The van der Waals surface area contributed by atoms with Gasteiger partial charge in [-0.2, -0.15) is 5.10 Å². The lowest BCUT2D eigenvalue weighted by Crippen LogP contribution is -2.26. The van der Waals surface area contributed by atoms with Crippen LogP contribution in [0.25, 0.3) is 11.4 Å². The van der Waals surface area contributed by atoms with Gasteiger partial charge in [-0.3, -0.25) is 4.79 Å². The fraction of sp³-hybridized carbons (Fsp3) is 0.273. The van der Waals surface area contributed by atoms with Gasteiger partial charge in [0, 0.05) is 11.9 Å². The van der Waals surface area contributed by atoms with Gasteiger partial charge in [0.1, 0.15) is 5.75 Å². The van der Waals surface area contributed by atoms with E-state index in [1.54, 1.807) is 24.2 Å². The Labute approximate surface area is 231 Å². The second-order valence-electron chi connectivity index (χ2n) is 11.0. The molecule has 1 unspecified atom stereocenters. The molecule has 39 heavy (non-hydrogen) atoms. The summed E-state index contributed by atoms with van der Waals surface area (Å²) in [5.41, 5.74) is 8.25. The van der Waals surface area contributed by atoms with Crippen LogP contribution in [-0.2, 0) is 5.41 Å². The average Bonchev–Trinajstić information content (AvgIpc) is 3.39. The molecular formula is C33H38N4O2. The molecule has 0 bridgehead atoms. The highest BCUT2D eigenvalue weighted by Gasteiger charge is 2.19. The second-order valence-corrected chi connectivity index (χ2v) is 11.0. The molecule has 3 aromatic carbocycles. The topological polar surface area (TPSA) is 68.2 Å². The van der Waals surface area contributed by atoms with E-state index in [1.807, 2.05) is 62.4 Å². The first-order valence-corrected chi connectivity index (χ1v) is 13.1. The molecule has 1 aromatic heterocycles. The predicted octanol–water partition coefficient (Wildman–Crippen LogP) is 7.37. The minimum Gasteiger partial charge on any atom is -0.494 e. The minimum absolute atomic E-state index is 0.00515. The largest absolute Gasteiger partial charge is 0.494 e. The maximum absolute atomic E-state index is 12.9. The Kier molecular flexibility index (Phi) is 7.95. The first-order valence-electron chi connectivity index (χ1n) is 13.1. The monoisotopic (exact) mass is 522 g/mol. The number of hydrogen-bond donors (Lipinski definition) is 2. The third kappa shape index (κ3) is 6.23. The molecule has 0 radical (unpaired) electrons. The summed E-state index contributed by atoms with van der Waals surface area (Å²) in [4.78, 5) is 12.9. The Morgan fingerprint density at radius 1 is 1.00 bits per heavy atom. The summed E-state index contributed by atoms with van der Waals surface area (Å²) < 4.78 is 7.45. The molecule has 0 saturated carbocycles. The molecule has 0 spiro atoms. The molecule has 6 heteroatoms. The third-order valence-corrected chi connectivity index (χ3v) is 6.93. The van der Waals surface area contributed by atoms with Crippen molar-refractivity contribution in [2.45, 2.75) is 53.0 Å². The highest BCUT2D eigenvalue weighted by molar-refractivity contribution is 5.94. The number of rotatable bonds is 8. The molecule has 1 heterocycles. The van der Waals surface area contributed by atoms with Gasteiger partial charge >= 0.3 is 0 Å². The zero-order valence-corrected chi connectivity index (χ0v) is 23.9. The Bertz CT molecular complexity index is 1500. The van der Waals surface area contributed by atoms with Crippen LogP contribution in [0.4, 0.5) is 5.69 Å². The molecule has 0 fully saturated rings. The lowest BCUT2D eigenvalue weighted by molar-refractivity contribution is 0.0940. The van der Waals surface area contributed by atoms with Crippen molar-refractivity contribution >= 4 is 17.3 Å². The number of aryl methyl sites for hydroxylation is 2. The quantitative estimate of drug-likeness (QED) is 0.254. The van der Waals surface area contributed by atoms with E-state index in [1.165, 1.54) is 5.56 Å². The van der Waals surface area contributed by atoms with Crippen LogP contribution in [0.5, 0.6) is 5.75 Å². The zero-order chi connectivity index (χ0) is 28.3. The SMILES string of the molecule is C=C(Nc1cc(C(C)(C)C)cc(C)c1OC)c1ccc(C)c(-n2cc(C(=O)NC(C)c3ccccc3)cn2)c1. The van der Waals surface area contributed by atoms with Crippen LogP contribution in [0.15, 0.2) is 79.6 Å². The van der Waals surface area contributed by atoms with Crippen molar-refractivity contribution in [3.8, 4) is 11.4 Å². The number of aromatic nitrogens is 2. The first kappa shape index (κ1) is 27.7. The molecule has 202 valence electrons. The van der Waals surface area contributed by atoms with Crippen LogP contribution in [0.1, 0.15) is 71.9 Å². The van der Waals surface area contributed by atoms with Gasteiger partial charge in [-0.25, -0.2) is 4.68 Å². The van der Waals surface area contributed by atoms with Gasteiger partial charge in [0.25, 0.3) is 5.91 Å². The summed E-state index contributed by atoms with van der Waals surface area (Å²) in [6.07, 6.45) is 3.35. The van der Waals surface area contributed by atoms with E-state index < -0.39 is 0 Å². The van der Waals surface area contributed by atoms with Crippen molar-refractivity contribution in [3.05, 3.63) is 113 Å². The molecule has 4 rings (SSSR count). The highest BCUT2D eigenvalue weighted by atomic mass is 16.5. The smallest absolute Gasteiger partial charge is 0.254 e. The van der Waals surface area contributed by atoms with Gasteiger partial charge < -0.3 is 15.4 Å². The van der Waals surface area contributed by atoms with Gasteiger partial charge in [-0.05, 0) is 66.1 Å². The van der Waals surface area contributed by atoms with Gasteiger partial charge in [0.15, 0.2) is 0 Å². The van der Waals surface area contributed by atoms with Crippen LogP contribution in [0.3, 0.4) is 0 Å². The number of nitrogens with zero attached hydrogens (tertiary/aromatic N) is 2. The number of anilines is 1. The van der Waals surface area contributed by atoms with Crippen LogP contribution in [-0.4, -0.2) is 22.8 Å². The van der Waals surface area contributed by atoms with Gasteiger partial charge in [-0.1, -0.05) is 75.9 Å².